The largest absolute Gasteiger partial charge is 0.469 e. The van der Waals surface area contributed by atoms with E-state index in [9.17, 15) is 9.59 Å². The lowest BCUT2D eigenvalue weighted by Gasteiger charge is -2.03. The zero-order valence-electron chi connectivity index (χ0n) is 12.7. The Morgan fingerprint density at radius 1 is 1.18 bits per heavy atom. The fourth-order valence-electron chi connectivity index (χ4n) is 2.11. The molecule has 0 saturated carbocycles. The quantitative estimate of drug-likeness (QED) is 0.833. The molecule has 1 N–H and O–H groups in total. The number of hydrogen-bond donors (Lipinski definition) is 1. The van der Waals surface area contributed by atoms with E-state index in [2.05, 4.69) is 9.72 Å². The van der Waals surface area contributed by atoms with Crippen LogP contribution in [0.5, 0.6) is 0 Å². The van der Waals surface area contributed by atoms with E-state index in [1.807, 2.05) is 37.3 Å². The van der Waals surface area contributed by atoms with E-state index >= 15 is 0 Å². The van der Waals surface area contributed by atoms with Gasteiger partial charge in [0.2, 0.25) is 0 Å². The number of ether oxygens (including phenoxy) is 2. The Morgan fingerprint density at radius 2 is 1.91 bits per heavy atom. The first-order valence-corrected chi connectivity index (χ1v) is 7.06. The smallest absolute Gasteiger partial charge is 0.355 e. The molecule has 0 aliphatic rings. The Morgan fingerprint density at radius 3 is 2.59 bits per heavy atom. The summed E-state index contributed by atoms with van der Waals surface area (Å²) in [5.41, 5.74) is 3.10. The highest BCUT2D eigenvalue weighted by Gasteiger charge is 2.14. The standard InChI is InChI=1S/C17H19NO4/c1-12-14(8-9-16(19)21-2)10-15(18-12)17(20)22-11-13-6-4-3-5-7-13/h3-7,10,18H,8-9,11H2,1-2H3. The molecule has 116 valence electrons. The molecule has 0 saturated heterocycles. The molecule has 5 nitrogen and oxygen atoms in total. The molecule has 0 atom stereocenters. The van der Waals surface area contributed by atoms with Crippen LogP contribution in [0.2, 0.25) is 0 Å². The number of esters is 2. The molecule has 1 aromatic heterocycles. The van der Waals surface area contributed by atoms with E-state index in [1.54, 1.807) is 6.07 Å². The molecule has 22 heavy (non-hydrogen) atoms. The van der Waals surface area contributed by atoms with Crippen LogP contribution in [0.3, 0.4) is 0 Å². The van der Waals surface area contributed by atoms with Crippen LogP contribution in [0.4, 0.5) is 0 Å². The highest BCUT2D eigenvalue weighted by molar-refractivity contribution is 5.88. The molecule has 0 bridgehead atoms. The summed E-state index contributed by atoms with van der Waals surface area (Å²) >= 11 is 0. The summed E-state index contributed by atoms with van der Waals surface area (Å²) in [4.78, 5) is 26.2. The molecule has 0 spiro atoms. The molecule has 0 aliphatic carbocycles. The maximum Gasteiger partial charge on any atom is 0.355 e. The summed E-state index contributed by atoms with van der Waals surface area (Å²) in [5.74, 6) is -0.676. The molecular formula is C17H19NO4. The minimum atomic E-state index is -0.406. The second-order valence-electron chi connectivity index (χ2n) is 4.97. The van der Waals surface area contributed by atoms with E-state index in [1.165, 1.54) is 7.11 Å². The molecule has 0 amide bonds. The van der Waals surface area contributed by atoms with Gasteiger partial charge < -0.3 is 14.5 Å². The fourth-order valence-corrected chi connectivity index (χ4v) is 2.11. The van der Waals surface area contributed by atoms with Crippen LogP contribution in [-0.4, -0.2) is 24.0 Å². The van der Waals surface area contributed by atoms with Gasteiger partial charge in [0.25, 0.3) is 0 Å². The summed E-state index contributed by atoms with van der Waals surface area (Å²) in [7, 11) is 1.36. The molecule has 1 heterocycles. The second kappa shape index (κ2) is 7.45. The van der Waals surface area contributed by atoms with E-state index in [0.717, 1.165) is 16.8 Å². The zero-order chi connectivity index (χ0) is 15.9. The Bertz CT molecular complexity index is 646. The second-order valence-corrected chi connectivity index (χ2v) is 4.97. The lowest BCUT2D eigenvalue weighted by atomic mass is 10.1. The van der Waals surface area contributed by atoms with Crippen LogP contribution in [-0.2, 0) is 27.3 Å². The van der Waals surface area contributed by atoms with Crippen LogP contribution < -0.4 is 0 Å². The van der Waals surface area contributed by atoms with Crippen molar-refractivity contribution in [2.75, 3.05) is 7.11 Å². The van der Waals surface area contributed by atoms with Gasteiger partial charge in [0.1, 0.15) is 12.3 Å². The summed E-state index contributed by atoms with van der Waals surface area (Å²) in [6.45, 7) is 2.09. The maximum atomic E-state index is 12.0. The number of hydrogen-bond acceptors (Lipinski definition) is 4. The molecule has 0 aliphatic heterocycles. The van der Waals surface area contributed by atoms with E-state index in [4.69, 9.17) is 4.74 Å². The number of aryl methyl sites for hydroxylation is 2. The van der Waals surface area contributed by atoms with E-state index in [0.29, 0.717) is 12.1 Å². The average Bonchev–Trinajstić information content (AvgIpc) is 2.92. The number of H-pyrrole nitrogens is 1. The normalized spacial score (nSPS) is 10.3. The minimum Gasteiger partial charge on any atom is -0.469 e. The van der Waals surface area contributed by atoms with Gasteiger partial charge in [0.15, 0.2) is 0 Å². The van der Waals surface area contributed by atoms with Crippen molar-refractivity contribution in [3.63, 3.8) is 0 Å². The third kappa shape index (κ3) is 4.22. The van der Waals surface area contributed by atoms with Gasteiger partial charge in [-0.2, -0.15) is 0 Å². The van der Waals surface area contributed by atoms with Crippen molar-refractivity contribution in [3.05, 3.63) is 58.9 Å². The SMILES string of the molecule is COC(=O)CCc1cc(C(=O)OCc2ccccc2)[nH]c1C. The Balaban J connectivity index is 1.94. The van der Waals surface area contributed by atoms with Crippen molar-refractivity contribution in [1.82, 2.24) is 4.98 Å². The Kier molecular flexibility index (Phi) is 5.36. The first-order valence-electron chi connectivity index (χ1n) is 7.06. The first-order chi connectivity index (χ1) is 10.6. The zero-order valence-corrected chi connectivity index (χ0v) is 12.7. The number of carbonyl (C=O) groups is 2. The third-order valence-electron chi connectivity index (χ3n) is 3.38. The highest BCUT2D eigenvalue weighted by Crippen LogP contribution is 2.14. The predicted molar refractivity (Wildman–Crippen MR) is 81.4 cm³/mol. The monoisotopic (exact) mass is 301 g/mol. The van der Waals surface area contributed by atoms with E-state index in [-0.39, 0.29) is 19.0 Å². The third-order valence-corrected chi connectivity index (χ3v) is 3.38. The minimum absolute atomic E-state index is 0.231. The van der Waals surface area contributed by atoms with Gasteiger partial charge in [-0.05, 0) is 30.5 Å². The van der Waals surface area contributed by atoms with Crippen LogP contribution >= 0.6 is 0 Å². The van der Waals surface area contributed by atoms with Crippen molar-refractivity contribution in [2.24, 2.45) is 0 Å². The van der Waals surface area contributed by atoms with Crippen LogP contribution in [0.25, 0.3) is 0 Å². The predicted octanol–water partition coefficient (Wildman–Crippen LogP) is 2.79. The van der Waals surface area contributed by atoms with Gasteiger partial charge in [-0.25, -0.2) is 4.79 Å². The first kappa shape index (κ1) is 15.8. The molecule has 1 aromatic carbocycles. The molecule has 5 heteroatoms. The Labute approximate surface area is 129 Å². The number of carbonyl (C=O) groups excluding carboxylic acids is 2. The van der Waals surface area contributed by atoms with Crippen molar-refractivity contribution in [2.45, 2.75) is 26.4 Å². The summed E-state index contributed by atoms with van der Waals surface area (Å²) in [6, 6.07) is 11.2. The molecule has 2 aromatic rings. The highest BCUT2D eigenvalue weighted by atomic mass is 16.5. The van der Waals surface area contributed by atoms with Crippen molar-refractivity contribution in [1.29, 1.82) is 0 Å². The van der Waals surface area contributed by atoms with Crippen molar-refractivity contribution >= 4 is 11.9 Å². The lowest BCUT2D eigenvalue weighted by Crippen LogP contribution is -2.05. The number of benzene rings is 1. The molecular weight excluding hydrogens is 282 g/mol. The average molecular weight is 301 g/mol. The number of rotatable bonds is 6. The van der Waals surface area contributed by atoms with Crippen LogP contribution in [0.1, 0.15) is 33.7 Å². The number of aromatic amines is 1. The summed E-state index contributed by atoms with van der Waals surface area (Å²) in [6.07, 6.45) is 0.814. The molecule has 0 radical (unpaired) electrons. The van der Waals surface area contributed by atoms with Crippen molar-refractivity contribution in [3.8, 4) is 0 Å². The van der Waals surface area contributed by atoms with Gasteiger partial charge in [-0.1, -0.05) is 30.3 Å². The Hall–Kier alpha value is -2.56. The van der Waals surface area contributed by atoms with Gasteiger partial charge in [0, 0.05) is 12.1 Å². The summed E-state index contributed by atoms with van der Waals surface area (Å²) < 4.78 is 9.88. The van der Waals surface area contributed by atoms with Crippen LogP contribution in [0, 0.1) is 6.92 Å². The van der Waals surface area contributed by atoms with Gasteiger partial charge in [0.05, 0.1) is 7.11 Å². The number of aromatic nitrogens is 1. The van der Waals surface area contributed by atoms with Gasteiger partial charge in [-0.15, -0.1) is 0 Å². The van der Waals surface area contributed by atoms with Crippen LogP contribution in [0.15, 0.2) is 36.4 Å². The van der Waals surface area contributed by atoms with Gasteiger partial charge in [-0.3, -0.25) is 4.79 Å². The lowest BCUT2D eigenvalue weighted by molar-refractivity contribution is -0.140. The van der Waals surface area contributed by atoms with Crippen molar-refractivity contribution < 1.29 is 19.1 Å². The summed E-state index contributed by atoms with van der Waals surface area (Å²) in [5, 5.41) is 0. The maximum absolute atomic E-state index is 12.0. The number of nitrogens with one attached hydrogen (secondary N) is 1. The van der Waals surface area contributed by atoms with E-state index < -0.39 is 5.97 Å². The number of methoxy groups -OCH3 is 1. The van der Waals surface area contributed by atoms with Gasteiger partial charge >= 0.3 is 11.9 Å². The molecule has 0 fully saturated rings. The fraction of sp³-hybridized carbons (Fsp3) is 0.294. The molecule has 0 unspecified atom stereocenters. The molecule has 2 rings (SSSR count). The topological polar surface area (TPSA) is 68.4 Å².